The van der Waals surface area contributed by atoms with Crippen molar-refractivity contribution < 1.29 is 48.3 Å². The monoisotopic (exact) mass is 528 g/mol. The third kappa shape index (κ3) is 2.26. The average molecular weight is 529 g/mol. The lowest BCUT2D eigenvalue weighted by atomic mass is 9.48. The van der Waals surface area contributed by atoms with Crippen molar-refractivity contribution in [2.75, 3.05) is 7.11 Å². The Morgan fingerprint density at radius 3 is 2.58 bits per heavy atom. The highest BCUT2D eigenvalue weighted by molar-refractivity contribution is 6.01. The maximum atomic E-state index is 14.8. The number of ketones is 2. The molecule has 3 aliphatic carbocycles. The van der Waals surface area contributed by atoms with Crippen LogP contribution in [0.2, 0.25) is 0 Å². The highest BCUT2D eigenvalue weighted by Gasteiger charge is 2.91. The Morgan fingerprint density at radius 2 is 1.87 bits per heavy atom. The zero-order valence-electron chi connectivity index (χ0n) is 21.8. The Labute approximate surface area is 219 Å². The first-order valence-corrected chi connectivity index (χ1v) is 13.3. The van der Waals surface area contributed by atoms with E-state index in [1.54, 1.807) is 32.9 Å². The molecule has 1 saturated carbocycles. The van der Waals surface area contributed by atoms with E-state index in [1.165, 1.54) is 13.2 Å². The fourth-order valence-corrected chi connectivity index (χ4v) is 9.59. The molecule has 3 unspecified atom stereocenters. The summed E-state index contributed by atoms with van der Waals surface area (Å²) in [5.74, 6) is -7.25. The quantitative estimate of drug-likeness (QED) is 0.372. The number of ether oxygens (including phenoxy) is 4. The van der Waals surface area contributed by atoms with Gasteiger partial charge in [0.25, 0.3) is 0 Å². The van der Waals surface area contributed by atoms with Crippen LogP contribution in [0.15, 0.2) is 23.8 Å². The molecule has 7 aliphatic rings. The molecule has 0 aromatic rings. The third-order valence-electron chi connectivity index (χ3n) is 11.4. The molecule has 0 aromatic heterocycles. The largest absolute Gasteiger partial charge is 0.458 e. The molecule has 0 radical (unpaired) electrons. The molecule has 4 saturated heterocycles. The number of hydrogen-bond donors (Lipinski definition) is 2. The Hall–Kier alpha value is -2.40. The van der Waals surface area contributed by atoms with E-state index in [9.17, 15) is 29.4 Å². The van der Waals surface area contributed by atoms with Gasteiger partial charge in [-0.05, 0) is 56.9 Å². The van der Waals surface area contributed by atoms with E-state index in [4.69, 9.17) is 18.9 Å². The zero-order chi connectivity index (χ0) is 27.3. The van der Waals surface area contributed by atoms with Crippen LogP contribution in [0.4, 0.5) is 0 Å². The van der Waals surface area contributed by atoms with Gasteiger partial charge in [-0.25, -0.2) is 4.79 Å². The van der Waals surface area contributed by atoms with Crippen molar-refractivity contribution in [1.29, 1.82) is 0 Å². The second-order valence-corrected chi connectivity index (χ2v) is 12.9. The van der Waals surface area contributed by atoms with Gasteiger partial charge in [-0.15, -0.1) is 0 Å². The van der Waals surface area contributed by atoms with Crippen LogP contribution >= 0.6 is 0 Å². The lowest BCUT2D eigenvalue weighted by molar-refractivity contribution is -0.353. The first-order chi connectivity index (χ1) is 17.7. The summed E-state index contributed by atoms with van der Waals surface area (Å²) in [4.78, 5) is 54.7. The molecule has 10 heteroatoms. The van der Waals surface area contributed by atoms with Crippen LogP contribution in [0.3, 0.4) is 0 Å². The summed E-state index contributed by atoms with van der Waals surface area (Å²) >= 11 is 0. The van der Waals surface area contributed by atoms with Crippen molar-refractivity contribution in [1.82, 2.24) is 0 Å². The molecule has 10 nitrogen and oxygen atoms in total. The summed E-state index contributed by atoms with van der Waals surface area (Å²) in [6.07, 6.45) is 3.21. The van der Waals surface area contributed by atoms with Gasteiger partial charge in [0, 0.05) is 7.11 Å². The maximum absolute atomic E-state index is 14.8. The Bertz CT molecular complexity index is 1290. The number of rotatable bonds is 1. The lowest BCUT2D eigenvalue weighted by Crippen LogP contribution is -2.77. The number of allylic oxidation sites excluding steroid dienone is 3. The van der Waals surface area contributed by atoms with Crippen LogP contribution in [0, 0.1) is 28.6 Å². The Balaban J connectivity index is 1.53. The van der Waals surface area contributed by atoms with Crippen LogP contribution in [0.1, 0.15) is 52.9 Å². The van der Waals surface area contributed by atoms with E-state index in [-0.39, 0.29) is 31.5 Å². The van der Waals surface area contributed by atoms with E-state index in [1.807, 2.05) is 0 Å². The number of Topliss-reactive ketones (excluding diaryl/α,β-unsaturated/α-hetero) is 1. The molecule has 204 valence electrons. The number of methoxy groups -OCH3 is 1. The van der Waals surface area contributed by atoms with Crippen LogP contribution in [-0.4, -0.2) is 75.6 Å². The van der Waals surface area contributed by atoms with Gasteiger partial charge in [0.1, 0.15) is 6.10 Å². The van der Waals surface area contributed by atoms with Crippen LogP contribution in [0.25, 0.3) is 0 Å². The second kappa shape index (κ2) is 6.83. The Kier molecular flexibility index (Phi) is 4.43. The number of fused-ring (bicyclic) bond motifs is 9. The van der Waals surface area contributed by atoms with Gasteiger partial charge in [-0.1, -0.05) is 24.6 Å². The van der Waals surface area contributed by atoms with E-state index in [0.29, 0.717) is 6.42 Å². The number of carbonyl (C=O) groups excluding carboxylic acids is 4. The first kappa shape index (κ1) is 24.6. The highest BCUT2D eigenvalue weighted by Crippen LogP contribution is 2.73. The predicted octanol–water partition coefficient (Wildman–Crippen LogP) is 0.918. The van der Waals surface area contributed by atoms with Crippen molar-refractivity contribution in [3.05, 3.63) is 23.8 Å². The van der Waals surface area contributed by atoms with Gasteiger partial charge < -0.3 is 29.2 Å². The normalized spacial score (nSPS) is 56.2. The number of esters is 2. The summed E-state index contributed by atoms with van der Waals surface area (Å²) < 4.78 is 24.3. The molecule has 0 amide bonds. The van der Waals surface area contributed by atoms with Crippen LogP contribution in [-0.2, 0) is 38.1 Å². The number of aliphatic hydroxyl groups excluding tert-OH is 1. The smallest absolute Gasteiger partial charge is 0.342 e. The number of aliphatic hydroxyl groups is 2. The molecular formula is C28H32O10. The predicted molar refractivity (Wildman–Crippen MR) is 126 cm³/mol. The molecule has 7 rings (SSSR count). The second-order valence-electron chi connectivity index (χ2n) is 12.9. The van der Waals surface area contributed by atoms with E-state index in [0.717, 1.165) is 5.57 Å². The minimum atomic E-state index is -2.28. The molecule has 2 N–H and O–H groups in total. The minimum Gasteiger partial charge on any atom is -0.458 e. The zero-order valence-corrected chi connectivity index (χ0v) is 21.8. The summed E-state index contributed by atoms with van der Waals surface area (Å²) in [5, 5.41) is 24.0. The standard InChI is InChI=1S/C28H32O10/c1-23-11-17(36-18(31)12-23)25(3)28-20(23)21(32)27(35-4,38-28)19-14(8-9-26(28,34)22(33)37-25)24(2)13(10-15(19)29)6-5-7-16(24)30/h5,7,10,14-15,17,19-20,29,34H,6,8-9,11-12H2,1-4H3/t14?,15-,17+,19?,20?,23+,24-,25-,26+,27+,28-/m0/s1. The third-order valence-corrected chi connectivity index (χ3v) is 11.4. The number of hydrogen-bond acceptors (Lipinski definition) is 10. The van der Waals surface area contributed by atoms with Gasteiger partial charge in [0.15, 0.2) is 28.4 Å². The first-order valence-electron chi connectivity index (χ1n) is 13.3. The van der Waals surface area contributed by atoms with Gasteiger partial charge in [-0.3, -0.25) is 14.4 Å². The van der Waals surface area contributed by atoms with E-state index >= 15 is 0 Å². The van der Waals surface area contributed by atoms with Crippen molar-refractivity contribution in [3.63, 3.8) is 0 Å². The maximum Gasteiger partial charge on any atom is 0.342 e. The molecule has 11 atom stereocenters. The fourth-order valence-electron chi connectivity index (χ4n) is 9.59. The molecule has 4 bridgehead atoms. The molecular weight excluding hydrogens is 496 g/mol. The molecule has 5 fully saturated rings. The fraction of sp³-hybridized carbons (Fsp3) is 0.714. The van der Waals surface area contributed by atoms with Gasteiger partial charge in [-0.2, -0.15) is 0 Å². The van der Waals surface area contributed by atoms with Gasteiger partial charge >= 0.3 is 11.9 Å². The highest BCUT2D eigenvalue weighted by atomic mass is 16.7. The summed E-state index contributed by atoms with van der Waals surface area (Å²) in [7, 11) is 1.30. The van der Waals surface area contributed by atoms with Gasteiger partial charge in [0.05, 0.1) is 29.8 Å². The molecule has 38 heavy (non-hydrogen) atoms. The van der Waals surface area contributed by atoms with Crippen molar-refractivity contribution in [3.8, 4) is 0 Å². The molecule has 1 spiro atoms. The van der Waals surface area contributed by atoms with Gasteiger partial charge in [0.2, 0.25) is 5.79 Å². The van der Waals surface area contributed by atoms with Crippen LogP contribution in [0.5, 0.6) is 0 Å². The van der Waals surface area contributed by atoms with E-state index < -0.39 is 81.1 Å². The molecule has 4 aliphatic heterocycles. The molecule has 4 heterocycles. The SMILES string of the molecule is CO[C@]12O[C@@]34C(C1=O)[C@@]1(C)CC(=O)O[C@H](C1)[C@]3(C)OC(=O)[C@]4(O)CCC1C2[C@@H](O)C=C2CC=CC(=O)[C@@]21C. The average Bonchev–Trinajstić information content (AvgIpc) is 3.22. The Morgan fingerprint density at radius 1 is 1.13 bits per heavy atom. The topological polar surface area (TPSA) is 146 Å². The summed E-state index contributed by atoms with van der Waals surface area (Å²) in [5.41, 5.74) is -7.33. The minimum absolute atomic E-state index is 0.118. The lowest BCUT2D eigenvalue weighted by Gasteiger charge is -2.60. The molecule has 0 aromatic carbocycles. The van der Waals surface area contributed by atoms with Crippen LogP contribution < -0.4 is 0 Å². The summed E-state index contributed by atoms with van der Waals surface area (Å²) in [6, 6.07) is 0. The number of carbonyl (C=O) groups is 4. The van der Waals surface area contributed by atoms with Crippen molar-refractivity contribution in [2.45, 2.75) is 87.7 Å². The van der Waals surface area contributed by atoms with Crippen molar-refractivity contribution in [2.24, 2.45) is 28.6 Å². The van der Waals surface area contributed by atoms with E-state index in [2.05, 4.69) is 0 Å². The van der Waals surface area contributed by atoms with Crippen molar-refractivity contribution >= 4 is 23.5 Å². The summed E-state index contributed by atoms with van der Waals surface area (Å²) in [6.45, 7) is 5.09.